The summed E-state index contributed by atoms with van der Waals surface area (Å²) in [5.41, 5.74) is 8.92. The molecule has 20 heavy (non-hydrogen) atoms. The van der Waals surface area contributed by atoms with Crippen LogP contribution in [-0.4, -0.2) is 21.4 Å². The maximum absolute atomic E-state index is 6.24. The van der Waals surface area contributed by atoms with Crippen LogP contribution in [0.15, 0.2) is 28.8 Å². The van der Waals surface area contributed by atoms with Gasteiger partial charge in [0.05, 0.1) is 23.7 Å². The lowest BCUT2D eigenvalue weighted by Gasteiger charge is -2.19. The standard InChI is InChI=1S/C12H11Cl2N5S/c13-7-1-2-8(9(14)5-7)10-6-20-12-17-16-11(3-4-15)19(12)18-10/h1-2,5-6,18H,3-4,15H2/p+1. The summed E-state index contributed by atoms with van der Waals surface area (Å²) in [6, 6.07) is 5.43. The molecule has 0 fully saturated rings. The van der Waals surface area contributed by atoms with Gasteiger partial charge >= 0.3 is 0 Å². The molecule has 0 atom stereocenters. The summed E-state index contributed by atoms with van der Waals surface area (Å²) < 4.78 is 1.87. The molecule has 0 saturated heterocycles. The Hall–Kier alpha value is -1.21. The van der Waals surface area contributed by atoms with Crippen LogP contribution in [0, 0.1) is 0 Å². The number of halogens is 2. The molecule has 0 bridgehead atoms. The van der Waals surface area contributed by atoms with Gasteiger partial charge in [0.15, 0.2) is 5.82 Å². The summed E-state index contributed by atoms with van der Waals surface area (Å²) in [4.78, 5) is 0. The molecule has 0 aliphatic carbocycles. The number of fused-ring (bicyclic) bond motifs is 1. The molecule has 1 aromatic heterocycles. The highest BCUT2D eigenvalue weighted by Gasteiger charge is 2.19. The van der Waals surface area contributed by atoms with Crippen LogP contribution in [0.2, 0.25) is 10.0 Å². The highest BCUT2D eigenvalue weighted by atomic mass is 35.5. The molecule has 104 valence electrons. The maximum Gasteiger partial charge on any atom is 0.214 e. The second-order valence-corrected chi connectivity index (χ2v) is 5.90. The van der Waals surface area contributed by atoms with Gasteiger partial charge in [-0.05, 0) is 18.2 Å². The van der Waals surface area contributed by atoms with Crippen LogP contribution in [-0.2, 0) is 6.42 Å². The van der Waals surface area contributed by atoms with Crippen molar-refractivity contribution in [1.82, 2.24) is 14.9 Å². The first-order valence-electron chi connectivity index (χ1n) is 6.02. The Morgan fingerprint density at radius 2 is 2.15 bits per heavy atom. The Balaban J connectivity index is 1.93. The number of nitrogens with zero attached hydrogens (tertiary/aromatic N) is 3. The van der Waals surface area contributed by atoms with Crippen LogP contribution < -0.4 is 11.2 Å². The molecule has 1 aromatic carbocycles. The largest absolute Gasteiger partial charge is 0.357 e. The molecule has 1 aliphatic rings. The van der Waals surface area contributed by atoms with E-state index in [-0.39, 0.29) is 0 Å². The van der Waals surface area contributed by atoms with E-state index in [1.807, 2.05) is 22.2 Å². The van der Waals surface area contributed by atoms with Crippen molar-refractivity contribution in [3.05, 3.63) is 45.0 Å². The Morgan fingerprint density at radius 3 is 2.90 bits per heavy atom. The predicted octanol–water partition coefficient (Wildman–Crippen LogP) is 2.02. The first kappa shape index (κ1) is 13.8. The third kappa shape index (κ3) is 2.52. The molecule has 0 unspecified atom stereocenters. The second-order valence-electron chi connectivity index (χ2n) is 4.22. The van der Waals surface area contributed by atoms with Gasteiger partial charge in [0.1, 0.15) is 0 Å². The number of rotatable bonds is 3. The highest BCUT2D eigenvalue weighted by Crippen LogP contribution is 2.32. The molecule has 5 nitrogen and oxygen atoms in total. The quantitative estimate of drug-likeness (QED) is 0.904. The van der Waals surface area contributed by atoms with Crippen molar-refractivity contribution < 1.29 is 5.73 Å². The van der Waals surface area contributed by atoms with Crippen LogP contribution in [0.3, 0.4) is 0 Å². The molecule has 2 aromatic rings. The van der Waals surface area contributed by atoms with Crippen LogP contribution in [0.5, 0.6) is 0 Å². The molecule has 4 N–H and O–H groups in total. The normalized spacial score (nSPS) is 13.7. The molecular formula is C12H12Cl2N5S+. The summed E-state index contributed by atoms with van der Waals surface area (Å²) in [7, 11) is 0. The molecule has 3 rings (SSSR count). The lowest BCUT2D eigenvalue weighted by Crippen LogP contribution is -2.51. The molecule has 0 amide bonds. The van der Waals surface area contributed by atoms with Gasteiger partial charge in [0.2, 0.25) is 5.16 Å². The number of hydrogen-bond acceptors (Lipinski definition) is 4. The van der Waals surface area contributed by atoms with Crippen molar-refractivity contribution in [3.63, 3.8) is 0 Å². The van der Waals surface area contributed by atoms with Crippen LogP contribution >= 0.6 is 35.0 Å². The first-order valence-corrected chi connectivity index (χ1v) is 7.65. The van der Waals surface area contributed by atoms with Crippen molar-refractivity contribution in [2.75, 3.05) is 12.0 Å². The predicted molar refractivity (Wildman–Crippen MR) is 81.1 cm³/mol. The smallest absolute Gasteiger partial charge is 0.214 e. The van der Waals surface area contributed by atoms with Crippen LogP contribution in [0.25, 0.3) is 5.70 Å². The first-order chi connectivity index (χ1) is 9.69. The minimum atomic E-state index is 0.604. The molecule has 0 radical (unpaired) electrons. The number of aromatic nitrogens is 3. The second kappa shape index (κ2) is 5.65. The van der Waals surface area contributed by atoms with Crippen LogP contribution in [0.4, 0.5) is 0 Å². The van der Waals surface area contributed by atoms with Gasteiger partial charge < -0.3 is 5.73 Å². The van der Waals surface area contributed by atoms with E-state index >= 15 is 0 Å². The lowest BCUT2D eigenvalue weighted by molar-refractivity contribution is -0.366. The van der Waals surface area contributed by atoms with E-state index in [0.29, 0.717) is 10.0 Å². The number of nitrogens with one attached hydrogen (secondary N) is 1. The summed E-state index contributed by atoms with van der Waals surface area (Å²) in [6.07, 6.45) is 0.766. The van der Waals surface area contributed by atoms with Crippen molar-refractivity contribution >= 4 is 40.7 Å². The van der Waals surface area contributed by atoms with Crippen molar-refractivity contribution in [1.29, 1.82) is 0 Å². The Kier molecular flexibility index (Phi) is 3.89. The summed E-state index contributed by atoms with van der Waals surface area (Å²) in [6.45, 7) is 0.769. The lowest BCUT2D eigenvalue weighted by atomic mass is 10.2. The molecule has 1 aliphatic heterocycles. The molecule has 8 heteroatoms. The van der Waals surface area contributed by atoms with Gasteiger partial charge in [-0.25, -0.2) is 4.68 Å². The Bertz CT molecular complexity index is 682. The summed E-state index contributed by atoms with van der Waals surface area (Å²) in [5.74, 6) is 0.859. The molecule has 0 saturated carbocycles. The van der Waals surface area contributed by atoms with Gasteiger partial charge in [-0.1, -0.05) is 35.0 Å². The van der Waals surface area contributed by atoms with E-state index in [0.717, 1.165) is 35.2 Å². The zero-order valence-electron chi connectivity index (χ0n) is 10.4. The van der Waals surface area contributed by atoms with Crippen molar-refractivity contribution in [2.24, 2.45) is 0 Å². The van der Waals surface area contributed by atoms with E-state index in [9.17, 15) is 0 Å². The summed E-state index contributed by atoms with van der Waals surface area (Å²) >= 11 is 13.7. The topological polar surface area (TPSA) is 70.4 Å². The van der Waals surface area contributed by atoms with Crippen LogP contribution in [0.1, 0.15) is 11.4 Å². The average Bonchev–Trinajstić information content (AvgIpc) is 2.82. The fourth-order valence-electron chi connectivity index (χ4n) is 1.90. The van der Waals surface area contributed by atoms with Crippen molar-refractivity contribution in [2.45, 2.75) is 11.6 Å². The third-order valence-electron chi connectivity index (χ3n) is 2.84. The van der Waals surface area contributed by atoms with Gasteiger partial charge in [0, 0.05) is 16.0 Å². The zero-order valence-corrected chi connectivity index (χ0v) is 12.8. The van der Waals surface area contributed by atoms with E-state index in [4.69, 9.17) is 23.2 Å². The molecule has 0 spiro atoms. The van der Waals surface area contributed by atoms with E-state index in [2.05, 4.69) is 21.4 Å². The van der Waals surface area contributed by atoms with E-state index in [1.165, 1.54) is 11.8 Å². The average molecular weight is 329 g/mol. The van der Waals surface area contributed by atoms with Gasteiger partial charge in [-0.3, -0.25) is 5.43 Å². The Labute approximate surface area is 130 Å². The highest BCUT2D eigenvalue weighted by molar-refractivity contribution is 8.02. The third-order valence-corrected chi connectivity index (χ3v) is 4.21. The monoisotopic (exact) mass is 328 g/mol. The number of benzene rings is 1. The van der Waals surface area contributed by atoms with Gasteiger partial charge in [0.25, 0.3) is 0 Å². The maximum atomic E-state index is 6.24. The molecular weight excluding hydrogens is 317 g/mol. The minimum Gasteiger partial charge on any atom is -0.357 e. The number of hydrogen-bond donors (Lipinski definition) is 2. The molecule has 2 heterocycles. The zero-order chi connectivity index (χ0) is 14.1. The Morgan fingerprint density at radius 1 is 1.30 bits per heavy atom. The van der Waals surface area contributed by atoms with E-state index in [1.54, 1.807) is 6.07 Å². The van der Waals surface area contributed by atoms with E-state index < -0.39 is 0 Å². The van der Waals surface area contributed by atoms with Crippen molar-refractivity contribution in [3.8, 4) is 0 Å². The SMILES string of the molecule is [NH3+]CCc1nnc2n1NC(c1ccc(Cl)cc1Cl)=CS2. The number of thioether (sulfide) groups is 1. The summed E-state index contributed by atoms with van der Waals surface area (Å²) in [5, 5.41) is 12.3. The van der Waals surface area contributed by atoms with Gasteiger partial charge in [-0.2, -0.15) is 0 Å². The fraction of sp³-hybridized carbons (Fsp3) is 0.167. The number of quaternary nitrogens is 1. The fourth-order valence-corrected chi connectivity index (χ4v) is 3.16. The minimum absolute atomic E-state index is 0.604. The van der Waals surface area contributed by atoms with Gasteiger partial charge in [-0.15, -0.1) is 10.2 Å².